The van der Waals surface area contributed by atoms with E-state index in [9.17, 15) is 0 Å². The van der Waals surface area contributed by atoms with Crippen molar-refractivity contribution in [2.24, 2.45) is 0 Å². The highest BCUT2D eigenvalue weighted by Crippen LogP contribution is 2.31. The topological polar surface area (TPSA) is 18.5 Å². The van der Waals surface area contributed by atoms with Gasteiger partial charge in [0.05, 0.1) is 12.2 Å². The monoisotopic (exact) mass is 170 g/mol. The van der Waals surface area contributed by atoms with Crippen molar-refractivity contribution in [3.63, 3.8) is 0 Å². The van der Waals surface area contributed by atoms with E-state index in [1.54, 1.807) is 0 Å². The molecule has 0 aromatic heterocycles. The first-order chi connectivity index (χ1) is 5.59. The maximum absolute atomic E-state index is 5.70. The molecule has 0 aliphatic carbocycles. The van der Waals surface area contributed by atoms with Gasteiger partial charge in [0.2, 0.25) is 0 Å². The molecule has 1 aliphatic heterocycles. The molecule has 70 valence electrons. The molecule has 2 heteroatoms. The van der Waals surface area contributed by atoms with Crippen molar-refractivity contribution < 1.29 is 9.47 Å². The van der Waals surface area contributed by atoms with Crippen LogP contribution in [0, 0.1) is 0 Å². The van der Waals surface area contributed by atoms with E-state index < -0.39 is 5.79 Å². The average Bonchev–Trinajstić information content (AvgIpc) is 2.26. The number of hydrogen-bond acceptors (Lipinski definition) is 2. The number of hydrogen-bond donors (Lipinski definition) is 0. The molecule has 0 bridgehead atoms. The van der Waals surface area contributed by atoms with E-state index in [-0.39, 0.29) is 12.2 Å². The predicted molar refractivity (Wildman–Crippen MR) is 48.9 cm³/mol. The fraction of sp³-hybridized carbons (Fsp3) is 0.800. The van der Waals surface area contributed by atoms with Gasteiger partial charge in [-0.05, 0) is 26.7 Å². The molecule has 1 aliphatic rings. The van der Waals surface area contributed by atoms with Gasteiger partial charge in [-0.15, -0.1) is 6.58 Å². The summed E-state index contributed by atoms with van der Waals surface area (Å²) in [5.74, 6) is -0.408. The molecular formula is C10H18O2. The van der Waals surface area contributed by atoms with Crippen LogP contribution < -0.4 is 0 Å². The summed E-state index contributed by atoms with van der Waals surface area (Å²) < 4.78 is 11.4. The van der Waals surface area contributed by atoms with Crippen LogP contribution in [0.2, 0.25) is 0 Å². The van der Waals surface area contributed by atoms with Gasteiger partial charge in [-0.3, -0.25) is 0 Å². The molecule has 1 fully saturated rings. The lowest BCUT2D eigenvalue weighted by Crippen LogP contribution is -2.21. The predicted octanol–water partition coefficient (Wildman–Crippen LogP) is 2.49. The van der Waals surface area contributed by atoms with Crippen molar-refractivity contribution in [3.05, 3.63) is 12.7 Å². The van der Waals surface area contributed by atoms with Crippen molar-refractivity contribution >= 4 is 0 Å². The van der Waals surface area contributed by atoms with E-state index in [0.717, 1.165) is 12.8 Å². The Hall–Kier alpha value is -0.340. The van der Waals surface area contributed by atoms with Crippen LogP contribution in [0.5, 0.6) is 0 Å². The van der Waals surface area contributed by atoms with Gasteiger partial charge in [0, 0.05) is 0 Å². The summed E-state index contributed by atoms with van der Waals surface area (Å²) in [6.45, 7) is 9.74. The standard InChI is InChI=1S/C10H18O2/c1-5-7-9-8(6-2)11-10(3,4)12-9/h5,8-9H,1,6-7H2,2-4H3. The quantitative estimate of drug-likeness (QED) is 0.606. The van der Waals surface area contributed by atoms with Crippen molar-refractivity contribution in [1.82, 2.24) is 0 Å². The lowest BCUT2D eigenvalue weighted by atomic mass is 10.1. The third kappa shape index (κ3) is 2.08. The Morgan fingerprint density at radius 1 is 1.33 bits per heavy atom. The average molecular weight is 170 g/mol. The molecular weight excluding hydrogens is 152 g/mol. The summed E-state index contributed by atoms with van der Waals surface area (Å²) in [6.07, 6.45) is 4.20. The highest BCUT2D eigenvalue weighted by atomic mass is 16.7. The highest BCUT2D eigenvalue weighted by Gasteiger charge is 2.39. The SMILES string of the molecule is C=CCC1OC(C)(C)OC1CC. The van der Waals surface area contributed by atoms with Crippen LogP contribution >= 0.6 is 0 Å². The van der Waals surface area contributed by atoms with E-state index >= 15 is 0 Å². The van der Waals surface area contributed by atoms with Crippen LogP contribution in [0.3, 0.4) is 0 Å². The van der Waals surface area contributed by atoms with Crippen LogP contribution in [0.4, 0.5) is 0 Å². The van der Waals surface area contributed by atoms with Gasteiger partial charge in [-0.1, -0.05) is 13.0 Å². The molecule has 1 saturated heterocycles. The van der Waals surface area contributed by atoms with Crippen molar-refractivity contribution in [1.29, 1.82) is 0 Å². The minimum absolute atomic E-state index is 0.197. The summed E-state index contributed by atoms with van der Waals surface area (Å²) in [6, 6.07) is 0. The fourth-order valence-corrected chi connectivity index (χ4v) is 1.62. The molecule has 1 rings (SSSR count). The summed E-state index contributed by atoms with van der Waals surface area (Å²) in [5.41, 5.74) is 0. The van der Waals surface area contributed by atoms with Crippen LogP contribution in [-0.2, 0) is 9.47 Å². The first-order valence-corrected chi connectivity index (χ1v) is 4.55. The van der Waals surface area contributed by atoms with Crippen molar-refractivity contribution in [2.45, 2.75) is 51.6 Å². The maximum Gasteiger partial charge on any atom is 0.163 e. The lowest BCUT2D eigenvalue weighted by molar-refractivity contribution is -0.146. The molecule has 2 unspecified atom stereocenters. The van der Waals surface area contributed by atoms with Crippen LogP contribution in [0.25, 0.3) is 0 Å². The molecule has 0 N–H and O–H groups in total. The van der Waals surface area contributed by atoms with Gasteiger partial charge in [0.15, 0.2) is 5.79 Å². The first kappa shape index (κ1) is 9.75. The summed E-state index contributed by atoms with van der Waals surface area (Å²) in [7, 11) is 0. The Kier molecular flexibility index (Phi) is 2.91. The van der Waals surface area contributed by atoms with Crippen molar-refractivity contribution in [3.8, 4) is 0 Å². The summed E-state index contributed by atoms with van der Waals surface area (Å²) in [5, 5.41) is 0. The molecule has 12 heavy (non-hydrogen) atoms. The van der Waals surface area contributed by atoms with E-state index in [4.69, 9.17) is 9.47 Å². The minimum atomic E-state index is -0.408. The molecule has 0 aromatic rings. The van der Waals surface area contributed by atoms with Gasteiger partial charge in [-0.25, -0.2) is 0 Å². The van der Waals surface area contributed by atoms with Gasteiger partial charge in [-0.2, -0.15) is 0 Å². The van der Waals surface area contributed by atoms with E-state index in [1.807, 2.05) is 19.9 Å². The van der Waals surface area contributed by atoms with E-state index in [1.165, 1.54) is 0 Å². The largest absolute Gasteiger partial charge is 0.345 e. The smallest absolute Gasteiger partial charge is 0.163 e. The molecule has 2 atom stereocenters. The second-order valence-corrected chi connectivity index (χ2v) is 3.65. The van der Waals surface area contributed by atoms with E-state index in [2.05, 4.69) is 13.5 Å². The Morgan fingerprint density at radius 3 is 2.42 bits per heavy atom. The van der Waals surface area contributed by atoms with Gasteiger partial charge in [0.1, 0.15) is 0 Å². The zero-order valence-electron chi connectivity index (χ0n) is 8.17. The molecule has 0 aromatic carbocycles. The molecule has 0 spiro atoms. The van der Waals surface area contributed by atoms with Gasteiger partial charge in [0.25, 0.3) is 0 Å². The third-order valence-corrected chi connectivity index (χ3v) is 2.09. The van der Waals surface area contributed by atoms with Gasteiger partial charge >= 0.3 is 0 Å². The summed E-state index contributed by atoms with van der Waals surface area (Å²) >= 11 is 0. The zero-order valence-corrected chi connectivity index (χ0v) is 8.17. The molecule has 0 radical (unpaired) electrons. The second kappa shape index (κ2) is 3.58. The Morgan fingerprint density at radius 2 is 1.92 bits per heavy atom. The molecule has 2 nitrogen and oxygen atoms in total. The molecule has 0 amide bonds. The van der Waals surface area contributed by atoms with Crippen molar-refractivity contribution in [2.75, 3.05) is 0 Å². The lowest BCUT2D eigenvalue weighted by Gasteiger charge is -2.16. The molecule has 0 saturated carbocycles. The van der Waals surface area contributed by atoms with Crippen LogP contribution in [0.15, 0.2) is 12.7 Å². The maximum atomic E-state index is 5.70. The third-order valence-electron chi connectivity index (χ3n) is 2.09. The minimum Gasteiger partial charge on any atom is -0.345 e. The Balaban J connectivity index is 2.56. The van der Waals surface area contributed by atoms with Crippen LogP contribution in [-0.4, -0.2) is 18.0 Å². The fourth-order valence-electron chi connectivity index (χ4n) is 1.62. The first-order valence-electron chi connectivity index (χ1n) is 4.55. The Bertz CT molecular complexity index is 163. The van der Waals surface area contributed by atoms with E-state index in [0.29, 0.717) is 0 Å². The normalized spacial score (nSPS) is 33.6. The van der Waals surface area contributed by atoms with Gasteiger partial charge < -0.3 is 9.47 Å². The Labute approximate surface area is 74.6 Å². The molecule has 1 heterocycles. The van der Waals surface area contributed by atoms with Crippen LogP contribution in [0.1, 0.15) is 33.6 Å². The zero-order chi connectivity index (χ0) is 9.19. The highest BCUT2D eigenvalue weighted by molar-refractivity contribution is 4.85. The second-order valence-electron chi connectivity index (χ2n) is 3.65. The summed E-state index contributed by atoms with van der Waals surface area (Å²) in [4.78, 5) is 0. The number of rotatable bonds is 3. The number of ether oxygens (including phenoxy) is 2.